The summed E-state index contributed by atoms with van der Waals surface area (Å²) in [5.41, 5.74) is 0.635. The third kappa shape index (κ3) is 3.52. The number of likely N-dealkylation sites (N-methyl/N-ethyl adjacent to an activating group) is 1. The average Bonchev–Trinajstić information content (AvgIpc) is 2.69. The van der Waals surface area contributed by atoms with Gasteiger partial charge in [0.2, 0.25) is 0 Å². The first kappa shape index (κ1) is 17.8. The molecule has 1 aliphatic rings. The molecule has 0 radical (unpaired) electrons. The third-order valence-corrected chi connectivity index (χ3v) is 4.29. The van der Waals surface area contributed by atoms with Crippen molar-refractivity contribution >= 4 is 34.9 Å². The van der Waals surface area contributed by atoms with Crippen molar-refractivity contribution in [3.63, 3.8) is 0 Å². The smallest absolute Gasteiger partial charge is 0.290 e. The molecule has 1 aromatic carbocycles. The van der Waals surface area contributed by atoms with Crippen molar-refractivity contribution in [2.45, 2.75) is 13.0 Å². The van der Waals surface area contributed by atoms with Gasteiger partial charge in [-0.3, -0.25) is 9.59 Å². The van der Waals surface area contributed by atoms with E-state index in [0.29, 0.717) is 28.7 Å². The standard InChI is InChI=1S/C16H18Cl2N2O3/c1-9(21)13-14(11-5-4-10(17)8-12(11)18)20(7-6-19(2)3)16(23)15(13)22/h4-5,8,14,22H,6-7H2,1-3H3/t14-/m0/s1. The van der Waals surface area contributed by atoms with Crippen molar-refractivity contribution < 1.29 is 14.7 Å². The number of hydrogen-bond acceptors (Lipinski definition) is 4. The number of aliphatic hydroxyl groups excluding tert-OH is 1. The van der Waals surface area contributed by atoms with E-state index in [2.05, 4.69) is 0 Å². The third-order valence-electron chi connectivity index (χ3n) is 3.73. The molecule has 0 unspecified atom stereocenters. The minimum Gasteiger partial charge on any atom is -0.503 e. The number of benzene rings is 1. The Labute approximate surface area is 145 Å². The summed E-state index contributed by atoms with van der Waals surface area (Å²) in [4.78, 5) is 27.7. The van der Waals surface area contributed by atoms with E-state index >= 15 is 0 Å². The molecular weight excluding hydrogens is 339 g/mol. The van der Waals surface area contributed by atoms with Gasteiger partial charge in [0, 0.05) is 23.1 Å². The summed E-state index contributed by atoms with van der Waals surface area (Å²) in [7, 11) is 3.76. The largest absolute Gasteiger partial charge is 0.503 e. The highest BCUT2D eigenvalue weighted by Crippen LogP contribution is 2.40. The molecule has 0 bridgehead atoms. The molecule has 2 rings (SSSR count). The number of carbonyl (C=O) groups is 2. The lowest BCUT2D eigenvalue weighted by molar-refractivity contribution is -0.129. The Balaban J connectivity index is 2.51. The quantitative estimate of drug-likeness (QED) is 0.880. The van der Waals surface area contributed by atoms with E-state index in [1.165, 1.54) is 11.8 Å². The minimum absolute atomic E-state index is 0.0676. The van der Waals surface area contributed by atoms with Crippen LogP contribution in [0.2, 0.25) is 10.0 Å². The van der Waals surface area contributed by atoms with Gasteiger partial charge >= 0.3 is 0 Å². The lowest BCUT2D eigenvalue weighted by atomic mass is 9.96. The molecule has 23 heavy (non-hydrogen) atoms. The molecule has 1 atom stereocenters. The number of hydrogen-bond donors (Lipinski definition) is 1. The SMILES string of the molecule is CC(=O)C1=C(O)C(=O)N(CCN(C)C)[C@H]1c1ccc(Cl)cc1Cl. The Bertz CT molecular complexity index is 686. The fraction of sp³-hybridized carbons (Fsp3) is 0.375. The Morgan fingerprint density at radius 1 is 1.35 bits per heavy atom. The summed E-state index contributed by atoms with van der Waals surface area (Å²) in [5.74, 6) is -1.43. The van der Waals surface area contributed by atoms with Crippen molar-refractivity contribution in [2.24, 2.45) is 0 Å². The highest BCUT2D eigenvalue weighted by molar-refractivity contribution is 6.35. The number of halogens is 2. The number of amides is 1. The van der Waals surface area contributed by atoms with Crippen LogP contribution in [0.25, 0.3) is 0 Å². The second-order valence-electron chi connectivity index (χ2n) is 5.69. The number of ketones is 1. The van der Waals surface area contributed by atoms with Crippen LogP contribution in [0.5, 0.6) is 0 Å². The summed E-state index contributed by atoms with van der Waals surface area (Å²) < 4.78 is 0. The van der Waals surface area contributed by atoms with E-state index in [-0.39, 0.29) is 11.4 Å². The average molecular weight is 357 g/mol. The van der Waals surface area contributed by atoms with Gasteiger partial charge in [0.15, 0.2) is 11.5 Å². The molecular formula is C16H18Cl2N2O3. The van der Waals surface area contributed by atoms with Crippen molar-refractivity contribution in [3.05, 3.63) is 45.1 Å². The summed E-state index contributed by atoms with van der Waals surface area (Å²) in [5, 5.41) is 10.9. The number of rotatable bonds is 5. The van der Waals surface area contributed by atoms with Gasteiger partial charge in [0.1, 0.15) is 0 Å². The van der Waals surface area contributed by atoms with Crippen molar-refractivity contribution in [1.29, 1.82) is 0 Å². The normalized spacial score (nSPS) is 18.3. The first-order valence-corrected chi connectivity index (χ1v) is 7.84. The second-order valence-corrected chi connectivity index (χ2v) is 6.53. The monoisotopic (exact) mass is 356 g/mol. The first-order valence-electron chi connectivity index (χ1n) is 7.08. The van der Waals surface area contributed by atoms with Crippen LogP contribution in [0.4, 0.5) is 0 Å². The van der Waals surface area contributed by atoms with Gasteiger partial charge in [-0.2, -0.15) is 0 Å². The van der Waals surface area contributed by atoms with Crippen LogP contribution in [0.1, 0.15) is 18.5 Å². The fourth-order valence-corrected chi connectivity index (χ4v) is 3.11. The maximum Gasteiger partial charge on any atom is 0.290 e. The van der Waals surface area contributed by atoms with E-state index in [0.717, 1.165) is 0 Å². The Morgan fingerprint density at radius 2 is 2.00 bits per heavy atom. The zero-order valence-electron chi connectivity index (χ0n) is 13.1. The predicted molar refractivity (Wildman–Crippen MR) is 89.8 cm³/mol. The summed E-state index contributed by atoms with van der Waals surface area (Å²) in [6.45, 7) is 2.27. The number of Topliss-reactive ketones (excluding diaryl/α,β-unsaturated/α-hetero) is 1. The maximum atomic E-state index is 12.4. The van der Waals surface area contributed by atoms with Crippen LogP contribution in [0.3, 0.4) is 0 Å². The van der Waals surface area contributed by atoms with Crippen LogP contribution in [-0.2, 0) is 9.59 Å². The fourth-order valence-electron chi connectivity index (χ4n) is 2.60. The van der Waals surface area contributed by atoms with Crippen LogP contribution >= 0.6 is 23.2 Å². The van der Waals surface area contributed by atoms with Crippen LogP contribution in [0.15, 0.2) is 29.5 Å². The lowest BCUT2D eigenvalue weighted by Crippen LogP contribution is -2.36. The van der Waals surface area contributed by atoms with E-state index in [1.54, 1.807) is 18.2 Å². The van der Waals surface area contributed by atoms with Crippen molar-refractivity contribution in [1.82, 2.24) is 9.80 Å². The number of aliphatic hydroxyl groups is 1. The molecule has 1 N–H and O–H groups in total. The summed E-state index contributed by atoms with van der Waals surface area (Å²) in [6, 6.07) is 4.17. The first-order chi connectivity index (χ1) is 10.7. The van der Waals surface area contributed by atoms with Crippen LogP contribution in [0, 0.1) is 0 Å². The topological polar surface area (TPSA) is 60.9 Å². The van der Waals surface area contributed by atoms with Crippen molar-refractivity contribution in [3.8, 4) is 0 Å². The molecule has 124 valence electrons. The molecule has 0 saturated heterocycles. The van der Waals surface area contributed by atoms with Gasteiger partial charge in [0.25, 0.3) is 5.91 Å². The molecule has 1 aromatic rings. The molecule has 0 aliphatic carbocycles. The molecule has 0 spiro atoms. The second kappa shape index (κ2) is 6.91. The van der Waals surface area contributed by atoms with E-state index in [4.69, 9.17) is 23.2 Å². The van der Waals surface area contributed by atoms with Gasteiger partial charge in [-0.25, -0.2) is 0 Å². The Hall–Kier alpha value is -1.56. The molecule has 1 amide bonds. The molecule has 7 heteroatoms. The molecule has 1 heterocycles. The zero-order valence-corrected chi connectivity index (χ0v) is 14.6. The summed E-state index contributed by atoms with van der Waals surface area (Å²) >= 11 is 12.2. The minimum atomic E-state index is -0.704. The van der Waals surface area contributed by atoms with Gasteiger partial charge in [0.05, 0.1) is 11.6 Å². The summed E-state index contributed by atoms with van der Waals surface area (Å²) in [6.07, 6.45) is 0. The molecule has 0 fully saturated rings. The Morgan fingerprint density at radius 3 is 2.52 bits per heavy atom. The molecule has 0 aromatic heterocycles. The highest BCUT2D eigenvalue weighted by atomic mass is 35.5. The van der Waals surface area contributed by atoms with Gasteiger partial charge in [-0.15, -0.1) is 0 Å². The maximum absolute atomic E-state index is 12.4. The van der Waals surface area contributed by atoms with Gasteiger partial charge < -0.3 is 14.9 Å². The van der Waals surface area contributed by atoms with E-state index in [9.17, 15) is 14.7 Å². The molecule has 5 nitrogen and oxygen atoms in total. The zero-order chi connectivity index (χ0) is 17.3. The van der Waals surface area contributed by atoms with Crippen LogP contribution in [-0.4, -0.2) is 53.8 Å². The van der Waals surface area contributed by atoms with Crippen LogP contribution < -0.4 is 0 Å². The lowest BCUT2D eigenvalue weighted by Gasteiger charge is -2.28. The highest BCUT2D eigenvalue weighted by Gasteiger charge is 2.42. The number of carbonyl (C=O) groups excluding carboxylic acids is 2. The Kier molecular flexibility index (Phi) is 5.34. The van der Waals surface area contributed by atoms with E-state index in [1.807, 2.05) is 19.0 Å². The van der Waals surface area contributed by atoms with Gasteiger partial charge in [-0.1, -0.05) is 29.3 Å². The van der Waals surface area contributed by atoms with E-state index < -0.39 is 17.7 Å². The molecule has 1 aliphatic heterocycles. The van der Waals surface area contributed by atoms with Crippen molar-refractivity contribution in [2.75, 3.05) is 27.2 Å². The number of nitrogens with zero attached hydrogens (tertiary/aromatic N) is 2. The van der Waals surface area contributed by atoms with Gasteiger partial charge in [-0.05, 0) is 38.7 Å². The predicted octanol–water partition coefficient (Wildman–Crippen LogP) is 2.84. The molecule has 0 saturated carbocycles.